The van der Waals surface area contributed by atoms with Crippen LogP contribution in [0.4, 0.5) is 11.4 Å². The van der Waals surface area contributed by atoms with E-state index in [1.807, 2.05) is 13.0 Å². The molecule has 0 aliphatic carbocycles. The van der Waals surface area contributed by atoms with Gasteiger partial charge >= 0.3 is 5.97 Å². The second-order valence-electron chi connectivity index (χ2n) is 4.93. The lowest BCUT2D eigenvalue weighted by Gasteiger charge is -2.11. The molecule has 0 aromatic heterocycles. The van der Waals surface area contributed by atoms with Crippen molar-refractivity contribution < 1.29 is 14.3 Å². The van der Waals surface area contributed by atoms with Crippen LogP contribution >= 0.6 is 11.6 Å². The van der Waals surface area contributed by atoms with Crippen LogP contribution < -0.4 is 10.6 Å². The molecule has 2 rings (SSSR count). The number of carbonyl (C=O) groups excluding carboxylic acids is 2. The average molecular weight is 333 g/mol. The summed E-state index contributed by atoms with van der Waals surface area (Å²) in [7, 11) is 1.31. The Kier molecular flexibility index (Phi) is 5.60. The summed E-state index contributed by atoms with van der Waals surface area (Å²) in [5.41, 5.74) is 2.57. The van der Waals surface area contributed by atoms with Crippen LogP contribution in [0.25, 0.3) is 0 Å². The van der Waals surface area contributed by atoms with E-state index < -0.39 is 5.97 Å². The van der Waals surface area contributed by atoms with Gasteiger partial charge in [-0.25, -0.2) is 4.79 Å². The van der Waals surface area contributed by atoms with Crippen molar-refractivity contribution in [2.75, 3.05) is 24.3 Å². The molecule has 0 aliphatic heterocycles. The number of halogens is 1. The van der Waals surface area contributed by atoms with Crippen LogP contribution in [0.1, 0.15) is 15.9 Å². The van der Waals surface area contributed by atoms with Gasteiger partial charge in [-0.3, -0.25) is 4.79 Å². The first-order chi connectivity index (χ1) is 11.0. The number of ether oxygens (including phenoxy) is 1. The van der Waals surface area contributed by atoms with Crippen LogP contribution in [0, 0.1) is 6.92 Å². The van der Waals surface area contributed by atoms with Crippen molar-refractivity contribution in [3.63, 3.8) is 0 Å². The standard InChI is InChI=1S/C17H17ClN2O3/c1-11-6-7-12(17(22)23-2)8-15(11)20-16(21)10-19-14-5-3-4-13(18)9-14/h3-9,19H,10H2,1-2H3,(H,20,21). The van der Waals surface area contributed by atoms with Crippen molar-refractivity contribution >= 4 is 34.9 Å². The highest BCUT2D eigenvalue weighted by atomic mass is 35.5. The number of methoxy groups -OCH3 is 1. The molecule has 0 unspecified atom stereocenters. The van der Waals surface area contributed by atoms with E-state index in [1.54, 1.807) is 36.4 Å². The van der Waals surface area contributed by atoms with E-state index >= 15 is 0 Å². The summed E-state index contributed by atoms with van der Waals surface area (Å²) in [6.45, 7) is 1.93. The second kappa shape index (κ2) is 7.65. The van der Waals surface area contributed by atoms with E-state index in [1.165, 1.54) is 7.11 Å². The summed E-state index contributed by atoms with van der Waals surface area (Å²) in [4.78, 5) is 23.6. The van der Waals surface area contributed by atoms with Crippen LogP contribution in [-0.2, 0) is 9.53 Å². The molecular formula is C17H17ClN2O3. The van der Waals surface area contributed by atoms with Crippen LogP contribution in [0.5, 0.6) is 0 Å². The Balaban J connectivity index is 2.01. The van der Waals surface area contributed by atoms with Crippen LogP contribution in [0.2, 0.25) is 5.02 Å². The van der Waals surface area contributed by atoms with Gasteiger partial charge in [-0.15, -0.1) is 0 Å². The molecule has 2 aromatic carbocycles. The molecule has 0 bridgehead atoms. The zero-order valence-electron chi connectivity index (χ0n) is 12.9. The summed E-state index contributed by atoms with van der Waals surface area (Å²) < 4.78 is 4.68. The van der Waals surface area contributed by atoms with E-state index in [0.29, 0.717) is 16.3 Å². The molecular weight excluding hydrogens is 316 g/mol. The maximum absolute atomic E-state index is 12.1. The van der Waals surface area contributed by atoms with Crippen molar-refractivity contribution in [2.24, 2.45) is 0 Å². The fourth-order valence-electron chi connectivity index (χ4n) is 1.98. The molecule has 120 valence electrons. The number of benzene rings is 2. The molecule has 0 spiro atoms. The van der Waals surface area contributed by atoms with E-state index in [9.17, 15) is 9.59 Å². The summed E-state index contributed by atoms with van der Waals surface area (Å²) in [6, 6.07) is 12.1. The van der Waals surface area contributed by atoms with E-state index in [0.717, 1.165) is 11.3 Å². The maximum Gasteiger partial charge on any atom is 0.337 e. The molecule has 0 fully saturated rings. The number of anilines is 2. The normalized spacial score (nSPS) is 10.0. The smallest absolute Gasteiger partial charge is 0.337 e. The number of hydrogen-bond donors (Lipinski definition) is 2. The summed E-state index contributed by atoms with van der Waals surface area (Å²) in [5.74, 6) is -0.673. The molecule has 0 saturated heterocycles. The largest absolute Gasteiger partial charge is 0.465 e. The zero-order valence-corrected chi connectivity index (χ0v) is 13.6. The average Bonchev–Trinajstić information content (AvgIpc) is 2.54. The number of aryl methyl sites for hydroxylation is 1. The topological polar surface area (TPSA) is 67.4 Å². The predicted molar refractivity (Wildman–Crippen MR) is 91.1 cm³/mol. The van der Waals surface area contributed by atoms with Gasteiger partial charge in [0.25, 0.3) is 0 Å². The number of amides is 1. The van der Waals surface area contributed by atoms with Gasteiger partial charge < -0.3 is 15.4 Å². The Hall–Kier alpha value is -2.53. The number of rotatable bonds is 5. The van der Waals surface area contributed by atoms with Gasteiger partial charge in [-0.05, 0) is 42.8 Å². The molecule has 23 heavy (non-hydrogen) atoms. The molecule has 0 heterocycles. The molecule has 6 heteroatoms. The Morgan fingerprint density at radius 1 is 1.17 bits per heavy atom. The summed E-state index contributed by atoms with van der Waals surface area (Å²) in [5, 5.41) is 6.35. The first kappa shape index (κ1) is 16.8. The molecule has 0 radical (unpaired) electrons. The fraction of sp³-hybridized carbons (Fsp3) is 0.176. The van der Waals surface area contributed by atoms with Gasteiger partial charge in [-0.2, -0.15) is 0 Å². The van der Waals surface area contributed by atoms with Crippen molar-refractivity contribution in [1.29, 1.82) is 0 Å². The van der Waals surface area contributed by atoms with Crippen molar-refractivity contribution in [1.82, 2.24) is 0 Å². The third kappa shape index (κ3) is 4.72. The Labute approximate surface area is 139 Å². The predicted octanol–water partition coefficient (Wildman–Crippen LogP) is 3.49. The maximum atomic E-state index is 12.1. The Morgan fingerprint density at radius 2 is 1.96 bits per heavy atom. The molecule has 5 nitrogen and oxygen atoms in total. The SMILES string of the molecule is COC(=O)c1ccc(C)c(NC(=O)CNc2cccc(Cl)c2)c1. The van der Waals surface area contributed by atoms with Crippen molar-refractivity contribution in [3.8, 4) is 0 Å². The van der Waals surface area contributed by atoms with Crippen LogP contribution in [0.15, 0.2) is 42.5 Å². The van der Waals surface area contributed by atoms with Crippen LogP contribution in [-0.4, -0.2) is 25.5 Å². The minimum atomic E-state index is -0.447. The van der Waals surface area contributed by atoms with Gasteiger partial charge in [0.05, 0.1) is 19.2 Å². The lowest BCUT2D eigenvalue weighted by atomic mass is 10.1. The number of nitrogens with one attached hydrogen (secondary N) is 2. The highest BCUT2D eigenvalue weighted by Gasteiger charge is 2.10. The number of carbonyl (C=O) groups is 2. The van der Waals surface area contributed by atoms with Gasteiger partial charge in [0.1, 0.15) is 0 Å². The molecule has 0 saturated carbocycles. The zero-order chi connectivity index (χ0) is 16.8. The fourth-order valence-corrected chi connectivity index (χ4v) is 2.17. The monoisotopic (exact) mass is 332 g/mol. The minimum absolute atomic E-state index is 0.0855. The molecule has 2 aromatic rings. The van der Waals surface area contributed by atoms with Gasteiger partial charge in [-0.1, -0.05) is 23.7 Å². The molecule has 0 aliphatic rings. The second-order valence-corrected chi connectivity index (χ2v) is 5.37. The first-order valence-electron chi connectivity index (χ1n) is 6.98. The van der Waals surface area contributed by atoms with E-state index in [2.05, 4.69) is 15.4 Å². The number of esters is 1. The summed E-state index contributed by atoms with van der Waals surface area (Å²) >= 11 is 5.89. The lowest BCUT2D eigenvalue weighted by molar-refractivity contribution is -0.114. The minimum Gasteiger partial charge on any atom is -0.465 e. The van der Waals surface area contributed by atoms with E-state index in [-0.39, 0.29) is 12.5 Å². The summed E-state index contributed by atoms with van der Waals surface area (Å²) in [6.07, 6.45) is 0. The van der Waals surface area contributed by atoms with E-state index in [4.69, 9.17) is 11.6 Å². The molecule has 1 amide bonds. The van der Waals surface area contributed by atoms with Crippen molar-refractivity contribution in [2.45, 2.75) is 6.92 Å². The Morgan fingerprint density at radius 3 is 2.65 bits per heavy atom. The number of hydrogen-bond acceptors (Lipinski definition) is 4. The third-order valence-electron chi connectivity index (χ3n) is 3.21. The van der Waals surface area contributed by atoms with Gasteiger partial charge in [0.15, 0.2) is 0 Å². The Bertz CT molecular complexity index is 732. The lowest BCUT2D eigenvalue weighted by Crippen LogP contribution is -2.22. The molecule has 0 atom stereocenters. The third-order valence-corrected chi connectivity index (χ3v) is 3.45. The highest BCUT2D eigenvalue weighted by Crippen LogP contribution is 2.18. The quantitative estimate of drug-likeness (QED) is 0.822. The van der Waals surface area contributed by atoms with Crippen molar-refractivity contribution in [3.05, 3.63) is 58.6 Å². The highest BCUT2D eigenvalue weighted by molar-refractivity contribution is 6.30. The van der Waals surface area contributed by atoms with Gasteiger partial charge in [0, 0.05) is 16.4 Å². The first-order valence-corrected chi connectivity index (χ1v) is 7.35. The van der Waals surface area contributed by atoms with Crippen LogP contribution in [0.3, 0.4) is 0 Å². The molecule has 2 N–H and O–H groups in total. The van der Waals surface area contributed by atoms with Gasteiger partial charge in [0.2, 0.25) is 5.91 Å².